The number of fused-ring (bicyclic) bond motifs is 2. The van der Waals surface area contributed by atoms with Crippen LogP contribution >= 0.6 is 0 Å². The van der Waals surface area contributed by atoms with E-state index in [-0.39, 0.29) is 0 Å². The molecule has 0 saturated heterocycles. The van der Waals surface area contributed by atoms with Crippen LogP contribution in [0.1, 0.15) is 25.7 Å². The molecule has 1 N–H and O–H groups in total. The van der Waals surface area contributed by atoms with E-state index in [1.807, 2.05) is 6.21 Å². The predicted octanol–water partition coefficient (Wildman–Crippen LogP) is 1.85. The standard InChI is InChI=1S/C14H18NOSe/c16-15-9-8-11-6-7-14(13(15)10-11)17-12-4-2-1-3-5-12/h1-5,9,11,13-14,16H,6-8,10H2/q+1/t11-,13-,14+/m0/s1. The molecular weight excluding hydrogens is 277 g/mol. The van der Waals surface area contributed by atoms with E-state index >= 15 is 0 Å². The first-order chi connectivity index (χ1) is 8.33. The molecule has 3 atom stereocenters. The van der Waals surface area contributed by atoms with Gasteiger partial charge in [-0.25, -0.2) is 0 Å². The van der Waals surface area contributed by atoms with Gasteiger partial charge in [-0.05, 0) is 0 Å². The normalized spacial score (nSPS) is 32.0. The zero-order chi connectivity index (χ0) is 11.7. The van der Waals surface area contributed by atoms with Gasteiger partial charge in [-0.2, -0.15) is 0 Å². The van der Waals surface area contributed by atoms with Gasteiger partial charge in [-0.3, -0.25) is 0 Å². The van der Waals surface area contributed by atoms with Gasteiger partial charge >= 0.3 is 108 Å². The van der Waals surface area contributed by atoms with E-state index in [9.17, 15) is 5.21 Å². The molecule has 0 amide bonds. The number of benzene rings is 1. The summed E-state index contributed by atoms with van der Waals surface area (Å²) in [6.45, 7) is 0. The van der Waals surface area contributed by atoms with Crippen molar-refractivity contribution in [3.8, 4) is 0 Å². The Kier molecular flexibility index (Phi) is 3.21. The van der Waals surface area contributed by atoms with E-state index < -0.39 is 0 Å². The maximum absolute atomic E-state index is 9.96. The van der Waals surface area contributed by atoms with Crippen molar-refractivity contribution in [1.29, 1.82) is 0 Å². The van der Waals surface area contributed by atoms with Gasteiger partial charge in [0.25, 0.3) is 0 Å². The topological polar surface area (TPSA) is 23.2 Å². The first kappa shape index (κ1) is 11.3. The fourth-order valence-corrected chi connectivity index (χ4v) is 5.65. The van der Waals surface area contributed by atoms with Crippen LogP contribution in [0.2, 0.25) is 4.82 Å². The van der Waals surface area contributed by atoms with Gasteiger partial charge in [-0.1, -0.05) is 0 Å². The molecule has 2 nitrogen and oxygen atoms in total. The summed E-state index contributed by atoms with van der Waals surface area (Å²) in [6, 6.07) is 11.1. The van der Waals surface area contributed by atoms with E-state index in [0.717, 1.165) is 12.3 Å². The quantitative estimate of drug-likeness (QED) is 0.502. The first-order valence-electron chi connectivity index (χ1n) is 6.35. The molecule has 2 bridgehead atoms. The molecule has 1 aromatic rings. The van der Waals surface area contributed by atoms with Crippen LogP contribution in [0.3, 0.4) is 0 Å². The van der Waals surface area contributed by atoms with Crippen LogP contribution < -0.4 is 4.46 Å². The fraction of sp³-hybridized carbons (Fsp3) is 0.500. The average molecular weight is 295 g/mol. The van der Waals surface area contributed by atoms with Crippen molar-refractivity contribution in [1.82, 2.24) is 0 Å². The van der Waals surface area contributed by atoms with Crippen LogP contribution in [-0.2, 0) is 0 Å². The zero-order valence-electron chi connectivity index (χ0n) is 9.83. The first-order valence-corrected chi connectivity index (χ1v) is 8.20. The van der Waals surface area contributed by atoms with Crippen LogP contribution in [0.15, 0.2) is 30.3 Å². The van der Waals surface area contributed by atoms with Crippen molar-refractivity contribution < 1.29 is 9.95 Å². The summed E-state index contributed by atoms with van der Waals surface area (Å²) in [5, 5.41) is 9.96. The molecule has 0 spiro atoms. The summed E-state index contributed by atoms with van der Waals surface area (Å²) in [5.74, 6) is 0.825. The van der Waals surface area contributed by atoms with Crippen molar-refractivity contribution in [3.63, 3.8) is 0 Å². The molecular formula is C14H18NOSe+. The molecule has 0 radical (unpaired) electrons. The van der Waals surface area contributed by atoms with Crippen molar-refractivity contribution >= 4 is 25.6 Å². The van der Waals surface area contributed by atoms with Crippen LogP contribution in [0.4, 0.5) is 0 Å². The minimum atomic E-state index is 0.378. The van der Waals surface area contributed by atoms with Crippen LogP contribution in [0.25, 0.3) is 0 Å². The average Bonchev–Trinajstić information content (AvgIpc) is 2.38. The molecule has 1 fully saturated rings. The minimum absolute atomic E-state index is 0.378. The Hall–Kier alpha value is -0.791. The summed E-state index contributed by atoms with van der Waals surface area (Å²) in [4.78, 5) is 0.669. The molecule has 1 saturated carbocycles. The monoisotopic (exact) mass is 296 g/mol. The third-order valence-corrected chi connectivity index (χ3v) is 6.79. The SMILES string of the molecule is O[N+]1=CC[C@@H]2CC[C@@H]([Se]c3ccccc3)[C@@H]1C2. The predicted molar refractivity (Wildman–Crippen MR) is 69.4 cm³/mol. The van der Waals surface area contributed by atoms with Gasteiger partial charge in [0.05, 0.1) is 0 Å². The van der Waals surface area contributed by atoms with Crippen molar-refractivity contribution in [2.45, 2.75) is 36.5 Å². The molecule has 3 heteroatoms. The van der Waals surface area contributed by atoms with Gasteiger partial charge < -0.3 is 0 Å². The van der Waals surface area contributed by atoms with Gasteiger partial charge in [0.1, 0.15) is 0 Å². The molecule has 0 aromatic heterocycles. The zero-order valence-corrected chi connectivity index (χ0v) is 11.5. The van der Waals surface area contributed by atoms with Crippen molar-refractivity contribution in [2.75, 3.05) is 0 Å². The second-order valence-corrected chi connectivity index (χ2v) is 7.77. The van der Waals surface area contributed by atoms with E-state index in [1.54, 1.807) is 0 Å². The molecule has 17 heavy (non-hydrogen) atoms. The van der Waals surface area contributed by atoms with E-state index in [4.69, 9.17) is 0 Å². The Morgan fingerprint density at radius 2 is 2.00 bits per heavy atom. The maximum atomic E-state index is 9.96. The molecule has 1 heterocycles. The Labute approximate surface area is 108 Å². The molecule has 3 rings (SSSR count). The Morgan fingerprint density at radius 3 is 2.82 bits per heavy atom. The summed E-state index contributed by atoms with van der Waals surface area (Å²) in [7, 11) is 0. The van der Waals surface area contributed by atoms with Crippen LogP contribution in [-0.4, -0.2) is 37.2 Å². The third kappa shape index (κ3) is 2.41. The van der Waals surface area contributed by atoms with E-state index in [2.05, 4.69) is 30.3 Å². The van der Waals surface area contributed by atoms with Crippen molar-refractivity contribution in [2.24, 2.45) is 5.92 Å². The Balaban J connectivity index is 1.75. The molecule has 0 unspecified atom stereocenters. The van der Waals surface area contributed by atoms with Gasteiger partial charge in [0.15, 0.2) is 0 Å². The second kappa shape index (κ2) is 4.83. The molecule has 1 aromatic carbocycles. The van der Waals surface area contributed by atoms with Gasteiger partial charge in [0.2, 0.25) is 0 Å². The molecule has 1 aliphatic carbocycles. The fourth-order valence-electron chi connectivity index (χ4n) is 2.90. The summed E-state index contributed by atoms with van der Waals surface area (Å²) in [5.41, 5.74) is 0. The number of nitrogens with zero attached hydrogens (tertiary/aromatic N) is 1. The number of hydrogen-bond donors (Lipinski definition) is 1. The number of hydroxylamine groups is 1. The van der Waals surface area contributed by atoms with E-state index in [0.29, 0.717) is 25.8 Å². The second-order valence-electron chi connectivity index (χ2n) is 5.01. The van der Waals surface area contributed by atoms with Crippen molar-refractivity contribution in [3.05, 3.63) is 30.3 Å². The van der Waals surface area contributed by atoms with Crippen LogP contribution in [0, 0.1) is 5.92 Å². The van der Waals surface area contributed by atoms with E-state index in [1.165, 1.54) is 28.5 Å². The summed E-state index contributed by atoms with van der Waals surface area (Å²) < 4.78 is 2.97. The Morgan fingerprint density at radius 1 is 1.18 bits per heavy atom. The summed E-state index contributed by atoms with van der Waals surface area (Å²) >= 11 is 0.489. The molecule has 90 valence electrons. The number of hydrogen-bond acceptors (Lipinski definition) is 1. The van der Waals surface area contributed by atoms with Gasteiger partial charge in [-0.15, -0.1) is 0 Å². The number of rotatable bonds is 2. The molecule has 2 aliphatic rings. The van der Waals surface area contributed by atoms with Gasteiger partial charge in [0, 0.05) is 0 Å². The van der Waals surface area contributed by atoms with Crippen LogP contribution in [0.5, 0.6) is 0 Å². The Bertz CT molecular complexity index is 417. The molecule has 1 aliphatic heterocycles. The third-order valence-electron chi connectivity index (χ3n) is 3.86. The summed E-state index contributed by atoms with van der Waals surface area (Å²) in [6.07, 6.45) is 6.88.